The predicted molar refractivity (Wildman–Crippen MR) is 71.0 cm³/mol. The third kappa shape index (κ3) is 2.45. The van der Waals surface area contributed by atoms with E-state index in [0.717, 1.165) is 11.3 Å². The van der Waals surface area contributed by atoms with E-state index in [1.54, 1.807) is 0 Å². The van der Waals surface area contributed by atoms with Gasteiger partial charge in [0.05, 0.1) is 5.60 Å². The van der Waals surface area contributed by atoms with Crippen molar-refractivity contribution < 1.29 is 14.6 Å². The zero-order valence-electron chi connectivity index (χ0n) is 11.1. The molecule has 1 aromatic rings. The molecule has 0 spiro atoms. The van der Waals surface area contributed by atoms with E-state index < -0.39 is 5.60 Å². The monoisotopic (exact) mass is 261 g/mol. The Hall–Kier alpha value is -1.55. The van der Waals surface area contributed by atoms with Crippen LogP contribution in [-0.2, 0) is 11.2 Å². The molecule has 1 aromatic carbocycles. The summed E-state index contributed by atoms with van der Waals surface area (Å²) in [4.78, 5) is 14.2. The van der Waals surface area contributed by atoms with Gasteiger partial charge in [-0.05, 0) is 31.4 Å². The molecule has 1 fully saturated rings. The molecule has 1 N–H and O–H groups in total. The van der Waals surface area contributed by atoms with Gasteiger partial charge < -0.3 is 14.7 Å². The van der Waals surface area contributed by atoms with E-state index in [-0.39, 0.29) is 12.0 Å². The van der Waals surface area contributed by atoms with Crippen LogP contribution in [0.1, 0.15) is 25.3 Å². The Morgan fingerprint density at radius 1 is 1.37 bits per heavy atom. The zero-order valence-corrected chi connectivity index (χ0v) is 11.1. The Morgan fingerprint density at radius 2 is 2.05 bits per heavy atom. The number of aliphatic hydroxyl groups is 1. The number of benzene rings is 1. The Balaban J connectivity index is 1.64. The standard InChI is InChI=1S/C15H19NO3/c1-15(18)6-8-16(9-7-15)14(17)13-10-11-4-2-3-5-12(11)19-13/h2-5,13,18H,6-10H2,1H3. The fraction of sp³-hybridized carbons (Fsp3) is 0.533. The first kappa shape index (κ1) is 12.5. The molecular formula is C15H19NO3. The van der Waals surface area contributed by atoms with E-state index >= 15 is 0 Å². The average Bonchev–Trinajstić information content (AvgIpc) is 2.81. The number of carbonyl (C=O) groups excluding carboxylic acids is 1. The molecule has 2 heterocycles. The highest BCUT2D eigenvalue weighted by Crippen LogP contribution is 2.30. The van der Waals surface area contributed by atoms with Crippen LogP contribution in [0.2, 0.25) is 0 Å². The minimum Gasteiger partial charge on any atom is -0.480 e. The molecule has 19 heavy (non-hydrogen) atoms. The lowest BCUT2D eigenvalue weighted by Crippen LogP contribution is -2.49. The van der Waals surface area contributed by atoms with Gasteiger partial charge in [-0.2, -0.15) is 0 Å². The second-order valence-corrected chi connectivity index (χ2v) is 5.74. The summed E-state index contributed by atoms with van der Waals surface area (Å²) in [5.41, 5.74) is 0.473. The fourth-order valence-corrected chi connectivity index (χ4v) is 2.73. The first-order chi connectivity index (χ1) is 9.05. The van der Waals surface area contributed by atoms with Crippen molar-refractivity contribution in [3.05, 3.63) is 29.8 Å². The summed E-state index contributed by atoms with van der Waals surface area (Å²) in [6.45, 7) is 3.06. The maximum Gasteiger partial charge on any atom is 0.263 e. The second kappa shape index (κ2) is 4.53. The quantitative estimate of drug-likeness (QED) is 0.830. The number of hydrogen-bond donors (Lipinski definition) is 1. The highest BCUT2D eigenvalue weighted by Gasteiger charge is 2.36. The smallest absolute Gasteiger partial charge is 0.263 e. The number of para-hydroxylation sites is 1. The molecule has 3 rings (SSSR count). The number of nitrogens with zero attached hydrogens (tertiary/aromatic N) is 1. The van der Waals surface area contributed by atoms with E-state index in [2.05, 4.69) is 0 Å². The topological polar surface area (TPSA) is 49.8 Å². The van der Waals surface area contributed by atoms with E-state index in [4.69, 9.17) is 4.74 Å². The second-order valence-electron chi connectivity index (χ2n) is 5.74. The number of hydrogen-bond acceptors (Lipinski definition) is 3. The lowest BCUT2D eigenvalue weighted by molar-refractivity contribution is -0.141. The average molecular weight is 261 g/mol. The molecule has 1 saturated heterocycles. The van der Waals surface area contributed by atoms with Crippen LogP contribution < -0.4 is 4.74 Å². The van der Waals surface area contributed by atoms with Crippen molar-refractivity contribution in [1.82, 2.24) is 4.90 Å². The lowest BCUT2D eigenvalue weighted by Gasteiger charge is -2.36. The molecule has 0 bridgehead atoms. The normalized spacial score (nSPS) is 24.7. The molecular weight excluding hydrogens is 242 g/mol. The van der Waals surface area contributed by atoms with Gasteiger partial charge in [-0.3, -0.25) is 4.79 Å². The summed E-state index contributed by atoms with van der Waals surface area (Å²) in [6, 6.07) is 7.80. The van der Waals surface area contributed by atoms with Crippen LogP contribution in [0.25, 0.3) is 0 Å². The maximum atomic E-state index is 12.4. The highest BCUT2D eigenvalue weighted by molar-refractivity contribution is 5.82. The van der Waals surface area contributed by atoms with Crippen molar-refractivity contribution in [3.8, 4) is 5.75 Å². The maximum absolute atomic E-state index is 12.4. The largest absolute Gasteiger partial charge is 0.480 e. The van der Waals surface area contributed by atoms with Gasteiger partial charge in [0.15, 0.2) is 6.10 Å². The number of fused-ring (bicyclic) bond motifs is 1. The first-order valence-corrected chi connectivity index (χ1v) is 6.81. The van der Waals surface area contributed by atoms with E-state index in [9.17, 15) is 9.90 Å². The third-order valence-electron chi connectivity index (χ3n) is 4.07. The van der Waals surface area contributed by atoms with Gasteiger partial charge in [0.25, 0.3) is 5.91 Å². The van der Waals surface area contributed by atoms with Gasteiger partial charge in [-0.15, -0.1) is 0 Å². The third-order valence-corrected chi connectivity index (χ3v) is 4.07. The van der Waals surface area contributed by atoms with Crippen molar-refractivity contribution in [3.63, 3.8) is 0 Å². The zero-order chi connectivity index (χ0) is 13.5. The molecule has 1 unspecified atom stereocenters. The Labute approximate surface area is 113 Å². The molecule has 2 aliphatic heterocycles. The van der Waals surface area contributed by atoms with Crippen LogP contribution >= 0.6 is 0 Å². The predicted octanol–water partition coefficient (Wildman–Crippen LogP) is 1.36. The molecule has 0 saturated carbocycles. The summed E-state index contributed by atoms with van der Waals surface area (Å²) < 4.78 is 5.72. The molecule has 0 radical (unpaired) electrons. The van der Waals surface area contributed by atoms with Crippen molar-refractivity contribution in [2.24, 2.45) is 0 Å². The minimum absolute atomic E-state index is 0.0479. The number of likely N-dealkylation sites (tertiary alicyclic amines) is 1. The molecule has 4 nitrogen and oxygen atoms in total. The SMILES string of the molecule is CC1(O)CCN(C(=O)C2Cc3ccccc3O2)CC1. The van der Waals surface area contributed by atoms with Crippen LogP contribution in [0, 0.1) is 0 Å². The molecule has 0 aromatic heterocycles. The van der Waals surface area contributed by atoms with Gasteiger partial charge in [-0.25, -0.2) is 0 Å². The number of ether oxygens (including phenoxy) is 1. The van der Waals surface area contributed by atoms with Gasteiger partial charge in [0, 0.05) is 19.5 Å². The van der Waals surface area contributed by atoms with Crippen molar-refractivity contribution in [1.29, 1.82) is 0 Å². The molecule has 102 valence electrons. The Kier molecular flexibility index (Phi) is 2.97. The van der Waals surface area contributed by atoms with E-state index in [1.165, 1.54) is 0 Å². The van der Waals surface area contributed by atoms with Crippen LogP contribution in [0.5, 0.6) is 5.75 Å². The number of amides is 1. The molecule has 1 atom stereocenters. The Morgan fingerprint density at radius 3 is 2.74 bits per heavy atom. The van der Waals surface area contributed by atoms with Gasteiger partial charge in [0.2, 0.25) is 0 Å². The van der Waals surface area contributed by atoms with Crippen molar-refractivity contribution in [2.45, 2.75) is 37.9 Å². The molecule has 2 aliphatic rings. The summed E-state index contributed by atoms with van der Waals surface area (Å²) in [7, 11) is 0. The summed E-state index contributed by atoms with van der Waals surface area (Å²) in [5.74, 6) is 0.872. The molecule has 1 amide bonds. The number of carbonyl (C=O) groups is 1. The number of rotatable bonds is 1. The molecule has 4 heteroatoms. The van der Waals surface area contributed by atoms with Crippen LogP contribution in [0.4, 0.5) is 0 Å². The van der Waals surface area contributed by atoms with Crippen molar-refractivity contribution in [2.75, 3.05) is 13.1 Å². The van der Waals surface area contributed by atoms with Gasteiger partial charge in [0.1, 0.15) is 5.75 Å². The lowest BCUT2D eigenvalue weighted by atomic mass is 9.93. The summed E-state index contributed by atoms with van der Waals surface area (Å²) in [5, 5.41) is 9.91. The van der Waals surface area contributed by atoms with Gasteiger partial charge in [-0.1, -0.05) is 18.2 Å². The summed E-state index contributed by atoms with van der Waals surface area (Å²) >= 11 is 0. The number of piperidine rings is 1. The summed E-state index contributed by atoms with van der Waals surface area (Å²) in [6.07, 6.45) is 1.54. The van der Waals surface area contributed by atoms with Crippen LogP contribution in [-0.4, -0.2) is 40.7 Å². The fourth-order valence-electron chi connectivity index (χ4n) is 2.73. The van der Waals surface area contributed by atoms with Crippen molar-refractivity contribution >= 4 is 5.91 Å². The van der Waals surface area contributed by atoms with Crippen LogP contribution in [0.3, 0.4) is 0 Å². The molecule has 0 aliphatic carbocycles. The Bertz CT molecular complexity index is 463. The first-order valence-electron chi connectivity index (χ1n) is 6.81. The highest BCUT2D eigenvalue weighted by atomic mass is 16.5. The van der Waals surface area contributed by atoms with Crippen LogP contribution in [0.15, 0.2) is 24.3 Å². The van der Waals surface area contributed by atoms with E-state index in [1.807, 2.05) is 36.1 Å². The van der Waals surface area contributed by atoms with E-state index in [0.29, 0.717) is 32.4 Å². The minimum atomic E-state index is -0.629. The van der Waals surface area contributed by atoms with Gasteiger partial charge >= 0.3 is 0 Å².